The van der Waals surface area contributed by atoms with Crippen LogP contribution in [-0.2, 0) is 6.42 Å². The van der Waals surface area contributed by atoms with Crippen LogP contribution in [0.1, 0.15) is 31.0 Å². The minimum atomic E-state index is 1.04. The molecule has 0 unspecified atom stereocenters. The minimum Gasteiger partial charge on any atom is -0.232 e. The lowest BCUT2D eigenvalue weighted by atomic mass is 10.0. The number of aromatic nitrogens is 2. The summed E-state index contributed by atoms with van der Waals surface area (Å²) in [6.45, 7) is 4.37. The van der Waals surface area contributed by atoms with Crippen LogP contribution in [0.4, 0.5) is 0 Å². The molecule has 24 heavy (non-hydrogen) atoms. The van der Waals surface area contributed by atoms with Gasteiger partial charge in [0.25, 0.3) is 0 Å². The molecule has 2 aromatic carbocycles. The molecule has 2 heteroatoms. The fourth-order valence-electron chi connectivity index (χ4n) is 3.33. The van der Waals surface area contributed by atoms with Gasteiger partial charge in [-0.3, -0.25) is 0 Å². The highest BCUT2D eigenvalue weighted by atomic mass is 15.2. The SMILES string of the molecule is CCCCc1cc2c3cc(C)ccc3cc(-c3ccccc3)n2n1. The molecule has 0 amide bonds. The van der Waals surface area contributed by atoms with Gasteiger partial charge in [-0.05, 0) is 43.4 Å². The van der Waals surface area contributed by atoms with Gasteiger partial charge in [0.15, 0.2) is 0 Å². The van der Waals surface area contributed by atoms with E-state index in [4.69, 9.17) is 5.10 Å². The minimum absolute atomic E-state index is 1.04. The first-order chi connectivity index (χ1) is 11.8. The predicted molar refractivity (Wildman–Crippen MR) is 101 cm³/mol. The Bertz CT molecular complexity index is 997. The fourth-order valence-corrected chi connectivity index (χ4v) is 3.33. The van der Waals surface area contributed by atoms with Gasteiger partial charge in [0.05, 0.1) is 16.9 Å². The fraction of sp³-hybridized carbons (Fsp3) is 0.227. The van der Waals surface area contributed by atoms with Crippen LogP contribution in [-0.4, -0.2) is 9.61 Å². The van der Waals surface area contributed by atoms with Crippen molar-refractivity contribution in [1.29, 1.82) is 0 Å². The van der Waals surface area contributed by atoms with Crippen molar-refractivity contribution in [3.63, 3.8) is 0 Å². The summed E-state index contributed by atoms with van der Waals surface area (Å²) in [5.41, 5.74) is 6.04. The van der Waals surface area contributed by atoms with E-state index in [1.54, 1.807) is 0 Å². The average Bonchev–Trinajstić information content (AvgIpc) is 3.04. The smallest absolute Gasteiger partial charge is 0.0750 e. The lowest BCUT2D eigenvalue weighted by molar-refractivity contribution is 0.763. The second kappa shape index (κ2) is 6.12. The third-order valence-electron chi connectivity index (χ3n) is 4.62. The van der Waals surface area contributed by atoms with Gasteiger partial charge in [-0.25, -0.2) is 4.52 Å². The van der Waals surface area contributed by atoms with E-state index in [1.807, 2.05) is 0 Å². The summed E-state index contributed by atoms with van der Waals surface area (Å²) < 4.78 is 2.13. The molecule has 2 heterocycles. The van der Waals surface area contributed by atoms with Crippen LogP contribution in [0.3, 0.4) is 0 Å². The summed E-state index contributed by atoms with van der Waals surface area (Å²) in [6.07, 6.45) is 3.42. The molecule has 4 rings (SSSR count). The van der Waals surface area contributed by atoms with E-state index in [9.17, 15) is 0 Å². The summed E-state index contributed by atoms with van der Waals surface area (Å²) in [5.74, 6) is 0. The van der Waals surface area contributed by atoms with Crippen molar-refractivity contribution in [3.05, 3.63) is 71.9 Å². The van der Waals surface area contributed by atoms with Crippen LogP contribution in [0.2, 0.25) is 0 Å². The molecule has 2 aromatic heterocycles. The maximum atomic E-state index is 4.92. The molecule has 0 N–H and O–H groups in total. The molecule has 0 aliphatic carbocycles. The van der Waals surface area contributed by atoms with Gasteiger partial charge in [0, 0.05) is 10.9 Å². The van der Waals surface area contributed by atoms with Gasteiger partial charge >= 0.3 is 0 Å². The highest BCUT2D eigenvalue weighted by Crippen LogP contribution is 2.29. The van der Waals surface area contributed by atoms with Crippen molar-refractivity contribution in [2.24, 2.45) is 0 Å². The first-order valence-corrected chi connectivity index (χ1v) is 8.73. The number of pyridine rings is 1. The second-order valence-corrected chi connectivity index (χ2v) is 6.52. The molecule has 0 saturated carbocycles. The van der Waals surface area contributed by atoms with Crippen molar-refractivity contribution in [1.82, 2.24) is 9.61 Å². The second-order valence-electron chi connectivity index (χ2n) is 6.52. The largest absolute Gasteiger partial charge is 0.232 e. The highest BCUT2D eigenvalue weighted by Gasteiger charge is 2.12. The molecule has 0 atom stereocenters. The average molecular weight is 314 g/mol. The highest BCUT2D eigenvalue weighted by molar-refractivity contribution is 5.99. The van der Waals surface area contributed by atoms with E-state index in [0.717, 1.165) is 12.1 Å². The molecule has 0 bridgehead atoms. The lowest BCUT2D eigenvalue weighted by Gasteiger charge is -2.09. The number of unbranched alkanes of at least 4 members (excludes halogenated alkanes) is 1. The van der Waals surface area contributed by atoms with E-state index in [0.29, 0.717) is 0 Å². The Balaban J connectivity index is 2.03. The van der Waals surface area contributed by atoms with Crippen molar-refractivity contribution in [2.45, 2.75) is 33.1 Å². The zero-order chi connectivity index (χ0) is 16.5. The van der Waals surface area contributed by atoms with Gasteiger partial charge in [-0.1, -0.05) is 61.4 Å². The Morgan fingerprint density at radius 2 is 1.79 bits per heavy atom. The first-order valence-electron chi connectivity index (χ1n) is 8.73. The monoisotopic (exact) mass is 314 g/mol. The third kappa shape index (κ3) is 2.58. The standard InChI is InChI=1S/C22H22N2/c1-3-4-10-19-15-22-20-13-16(2)11-12-18(20)14-21(24(22)23-19)17-8-6-5-7-9-17/h5-9,11-15H,3-4,10H2,1-2H3. The van der Waals surface area contributed by atoms with Gasteiger partial charge in [-0.15, -0.1) is 0 Å². The van der Waals surface area contributed by atoms with Gasteiger partial charge in [0.1, 0.15) is 0 Å². The molecule has 120 valence electrons. The predicted octanol–water partition coefficient (Wildman–Crippen LogP) is 5.81. The topological polar surface area (TPSA) is 17.3 Å². The Labute approximate surface area is 142 Å². The first kappa shape index (κ1) is 14.9. The van der Waals surface area contributed by atoms with E-state index < -0.39 is 0 Å². The van der Waals surface area contributed by atoms with Crippen molar-refractivity contribution < 1.29 is 0 Å². The quantitative estimate of drug-likeness (QED) is 0.465. The summed E-state index contributed by atoms with van der Waals surface area (Å²) in [4.78, 5) is 0. The number of rotatable bonds is 4. The zero-order valence-corrected chi connectivity index (χ0v) is 14.3. The number of nitrogens with zero attached hydrogens (tertiary/aromatic N) is 2. The summed E-state index contributed by atoms with van der Waals surface area (Å²) >= 11 is 0. The molecular weight excluding hydrogens is 292 g/mol. The van der Waals surface area contributed by atoms with Crippen LogP contribution in [0.5, 0.6) is 0 Å². The molecule has 2 nitrogen and oxygen atoms in total. The molecule has 4 aromatic rings. The Hall–Kier alpha value is -2.61. The maximum Gasteiger partial charge on any atom is 0.0750 e. The third-order valence-corrected chi connectivity index (χ3v) is 4.62. The number of fused-ring (bicyclic) bond motifs is 3. The molecule has 0 aliphatic heterocycles. The van der Waals surface area contributed by atoms with Crippen LogP contribution >= 0.6 is 0 Å². The molecule has 0 saturated heterocycles. The van der Waals surface area contributed by atoms with E-state index in [1.165, 1.54) is 46.0 Å². The number of hydrogen-bond acceptors (Lipinski definition) is 1. The zero-order valence-electron chi connectivity index (χ0n) is 14.3. The Kier molecular flexibility index (Phi) is 3.81. The maximum absolute atomic E-state index is 4.92. The number of aryl methyl sites for hydroxylation is 2. The molecule has 0 radical (unpaired) electrons. The number of benzene rings is 2. The van der Waals surface area contributed by atoms with Crippen molar-refractivity contribution >= 4 is 16.3 Å². The number of hydrogen-bond donors (Lipinski definition) is 0. The van der Waals surface area contributed by atoms with Crippen LogP contribution in [0.15, 0.2) is 60.7 Å². The van der Waals surface area contributed by atoms with E-state index >= 15 is 0 Å². The summed E-state index contributed by atoms with van der Waals surface area (Å²) in [5, 5.41) is 7.48. The Morgan fingerprint density at radius 3 is 2.58 bits per heavy atom. The molecule has 0 aliphatic rings. The lowest BCUT2D eigenvalue weighted by Crippen LogP contribution is -1.96. The van der Waals surface area contributed by atoms with Crippen molar-refractivity contribution in [3.8, 4) is 11.3 Å². The van der Waals surface area contributed by atoms with Gasteiger partial charge in [-0.2, -0.15) is 5.10 Å². The molecule has 0 fully saturated rings. The van der Waals surface area contributed by atoms with E-state index in [-0.39, 0.29) is 0 Å². The van der Waals surface area contributed by atoms with E-state index in [2.05, 4.69) is 79.0 Å². The molecular formula is C22H22N2. The van der Waals surface area contributed by atoms with Gasteiger partial charge in [0.2, 0.25) is 0 Å². The summed E-state index contributed by atoms with van der Waals surface area (Å²) in [6, 6.07) is 21.7. The van der Waals surface area contributed by atoms with Crippen molar-refractivity contribution in [2.75, 3.05) is 0 Å². The van der Waals surface area contributed by atoms with Crippen LogP contribution < -0.4 is 0 Å². The van der Waals surface area contributed by atoms with Crippen LogP contribution in [0, 0.1) is 6.92 Å². The van der Waals surface area contributed by atoms with Crippen LogP contribution in [0.25, 0.3) is 27.5 Å². The molecule has 0 spiro atoms. The Morgan fingerprint density at radius 1 is 0.958 bits per heavy atom. The summed E-state index contributed by atoms with van der Waals surface area (Å²) in [7, 11) is 0. The normalized spacial score (nSPS) is 11.4. The van der Waals surface area contributed by atoms with Gasteiger partial charge < -0.3 is 0 Å².